The minimum absolute atomic E-state index is 0.0755. The summed E-state index contributed by atoms with van der Waals surface area (Å²) >= 11 is 0. The average molecular weight is 544 g/mol. The van der Waals surface area contributed by atoms with Crippen molar-refractivity contribution in [3.8, 4) is 0 Å². The van der Waals surface area contributed by atoms with Gasteiger partial charge >= 0.3 is 45.2 Å². The van der Waals surface area contributed by atoms with Crippen molar-refractivity contribution in [1.29, 1.82) is 0 Å². The molecule has 4 fully saturated rings. The summed E-state index contributed by atoms with van der Waals surface area (Å²) in [7, 11) is -6.57. The van der Waals surface area contributed by atoms with Crippen molar-refractivity contribution in [1.82, 2.24) is 0 Å². The lowest BCUT2D eigenvalue weighted by Gasteiger charge is -2.55. The number of halogens is 7. The Labute approximate surface area is 194 Å². The lowest BCUT2D eigenvalue weighted by Crippen LogP contribution is -2.60. The smallest absolute Gasteiger partial charge is 0.468 e. The Morgan fingerprint density at radius 2 is 1.37 bits per heavy atom. The second kappa shape index (κ2) is 8.71. The maximum atomic E-state index is 13.8. The highest BCUT2D eigenvalue weighted by Crippen LogP contribution is 2.61. The topological polar surface area (TPSA) is 127 Å². The zero-order valence-electron chi connectivity index (χ0n) is 18.0. The molecule has 0 radical (unpaired) electrons. The van der Waals surface area contributed by atoms with Crippen molar-refractivity contribution < 1.29 is 67.9 Å². The lowest BCUT2D eigenvalue weighted by atomic mass is 9.49. The van der Waals surface area contributed by atoms with Crippen LogP contribution in [-0.4, -0.2) is 59.8 Å². The number of rotatable bonds is 10. The molecule has 35 heavy (non-hydrogen) atoms. The van der Waals surface area contributed by atoms with Gasteiger partial charge in [-0.25, -0.2) is 4.79 Å². The molecule has 0 amide bonds. The van der Waals surface area contributed by atoms with Gasteiger partial charge < -0.3 is 14.6 Å². The molecule has 0 spiro atoms. The average Bonchev–Trinajstić information content (AvgIpc) is 2.66. The first-order valence-corrected chi connectivity index (χ1v) is 12.1. The summed E-state index contributed by atoms with van der Waals surface area (Å²) in [6.45, 7) is -1.57. The lowest BCUT2D eigenvalue weighted by molar-refractivity contribution is -0.358. The summed E-state index contributed by atoms with van der Waals surface area (Å²) in [6.07, 6.45) is -6.35. The van der Waals surface area contributed by atoms with E-state index in [1.807, 2.05) is 0 Å². The summed E-state index contributed by atoms with van der Waals surface area (Å²) in [5.41, 5.74) is -1.34. The number of carboxylic acids is 1. The molecular weight excluding hydrogens is 521 g/mol. The van der Waals surface area contributed by atoms with Gasteiger partial charge in [-0.1, -0.05) is 0 Å². The molecule has 2 N–H and O–H groups in total. The first-order chi connectivity index (χ1) is 15.8. The van der Waals surface area contributed by atoms with Crippen LogP contribution >= 0.6 is 0 Å². The SMILES string of the molecule is O=C(OC(OCCCC(F)(F)C(F)(F)S(=O)(=O)O)(C(=O)O)C(F)(F)F)C12CC3CC(CC(C3)C1)C2. The molecule has 4 rings (SSSR count). The maximum Gasteiger partial charge on any atom is 0.468 e. The summed E-state index contributed by atoms with van der Waals surface area (Å²) in [6, 6.07) is 0. The molecule has 4 aliphatic carbocycles. The van der Waals surface area contributed by atoms with E-state index in [0.29, 0.717) is 0 Å². The number of ether oxygens (including phenoxy) is 2. The molecule has 0 aromatic carbocycles. The fourth-order valence-electron chi connectivity index (χ4n) is 5.84. The monoisotopic (exact) mass is 544 g/mol. The highest BCUT2D eigenvalue weighted by molar-refractivity contribution is 7.87. The van der Waals surface area contributed by atoms with Gasteiger partial charge in [-0.05, 0) is 62.7 Å². The number of carbonyl (C=O) groups is 2. The third-order valence-corrected chi connectivity index (χ3v) is 8.00. The van der Waals surface area contributed by atoms with Crippen LogP contribution in [0.5, 0.6) is 0 Å². The molecule has 0 saturated heterocycles. The van der Waals surface area contributed by atoms with Gasteiger partial charge in [0, 0.05) is 6.42 Å². The molecule has 0 heterocycles. The third kappa shape index (κ3) is 4.84. The molecule has 8 nitrogen and oxygen atoms in total. The molecular formula is C19H23F7O8S. The number of carboxylic acid groups (broad SMARTS) is 1. The minimum atomic E-state index is -6.57. The second-order valence-corrected chi connectivity index (χ2v) is 11.1. The molecule has 202 valence electrons. The zero-order valence-corrected chi connectivity index (χ0v) is 18.8. The van der Waals surface area contributed by atoms with E-state index in [1.54, 1.807) is 0 Å². The Hall–Kier alpha value is -1.68. The van der Waals surface area contributed by atoms with E-state index in [-0.39, 0.29) is 37.0 Å². The molecule has 4 bridgehead atoms. The van der Waals surface area contributed by atoms with Crippen molar-refractivity contribution in [2.24, 2.45) is 23.2 Å². The van der Waals surface area contributed by atoms with E-state index in [9.17, 15) is 53.8 Å². The summed E-state index contributed by atoms with van der Waals surface area (Å²) in [5.74, 6) is -14.0. The molecule has 4 aliphatic rings. The summed E-state index contributed by atoms with van der Waals surface area (Å²) < 4.78 is 133. The molecule has 0 aromatic rings. The van der Waals surface area contributed by atoms with Crippen LogP contribution < -0.4 is 0 Å². The van der Waals surface area contributed by atoms with Crippen molar-refractivity contribution in [3.05, 3.63) is 0 Å². The third-order valence-electron chi connectivity index (χ3n) is 7.05. The van der Waals surface area contributed by atoms with Crippen LogP contribution in [-0.2, 0) is 29.2 Å². The molecule has 1 atom stereocenters. The minimum Gasteiger partial charge on any atom is -0.476 e. The Bertz CT molecular complexity index is 929. The van der Waals surface area contributed by atoms with Gasteiger partial charge in [0.1, 0.15) is 0 Å². The highest BCUT2D eigenvalue weighted by Gasteiger charge is 2.69. The van der Waals surface area contributed by atoms with Crippen LogP contribution in [0.25, 0.3) is 0 Å². The van der Waals surface area contributed by atoms with Crippen LogP contribution in [0, 0.1) is 23.2 Å². The van der Waals surface area contributed by atoms with E-state index in [4.69, 9.17) is 4.55 Å². The van der Waals surface area contributed by atoms with E-state index in [1.165, 1.54) is 0 Å². The second-order valence-electron chi connectivity index (χ2n) is 9.66. The standard InChI is InChI=1S/C19H23F7O8S/c20-16(21,19(25,26)35(30,31)32)2-1-3-33-17(13(27)28,18(22,23)24)34-14(29)15-7-10-4-11(8-15)6-12(5-10)9-15/h10-12H,1-9H2,(H,27,28)(H,30,31,32). The largest absolute Gasteiger partial charge is 0.476 e. The normalized spacial score (nSPS) is 30.7. The zero-order chi connectivity index (χ0) is 26.7. The van der Waals surface area contributed by atoms with Crippen LogP contribution in [0.3, 0.4) is 0 Å². The fourth-order valence-corrected chi connectivity index (χ4v) is 6.32. The van der Waals surface area contributed by atoms with Gasteiger partial charge in [-0.2, -0.15) is 39.2 Å². The van der Waals surface area contributed by atoms with Gasteiger partial charge in [0.2, 0.25) is 0 Å². The highest BCUT2D eigenvalue weighted by atomic mass is 32.2. The van der Waals surface area contributed by atoms with Crippen molar-refractivity contribution in [3.63, 3.8) is 0 Å². The first kappa shape index (κ1) is 27.9. The van der Waals surface area contributed by atoms with Crippen molar-refractivity contribution in [2.45, 2.75) is 74.5 Å². The van der Waals surface area contributed by atoms with Crippen LogP contribution in [0.2, 0.25) is 0 Å². The number of hydrogen-bond acceptors (Lipinski definition) is 6. The van der Waals surface area contributed by atoms with E-state index in [2.05, 4.69) is 9.47 Å². The predicted octanol–water partition coefficient (Wildman–Crippen LogP) is 4.00. The number of esters is 1. The Morgan fingerprint density at radius 3 is 1.74 bits per heavy atom. The summed E-state index contributed by atoms with van der Waals surface area (Å²) in [5, 5.41) is 3.32. The van der Waals surface area contributed by atoms with E-state index in [0.717, 1.165) is 19.3 Å². The van der Waals surface area contributed by atoms with Gasteiger partial charge in [0.15, 0.2) is 0 Å². The van der Waals surface area contributed by atoms with Gasteiger partial charge in [0.25, 0.3) is 0 Å². The summed E-state index contributed by atoms with van der Waals surface area (Å²) in [4.78, 5) is 24.5. The number of hydrogen-bond donors (Lipinski definition) is 2. The molecule has 16 heteroatoms. The molecule has 0 aromatic heterocycles. The van der Waals surface area contributed by atoms with Crippen molar-refractivity contribution in [2.75, 3.05) is 6.61 Å². The molecule has 4 saturated carbocycles. The number of aliphatic carboxylic acids is 1. The van der Waals surface area contributed by atoms with Crippen LogP contribution in [0.1, 0.15) is 51.4 Å². The Kier molecular flexibility index (Phi) is 6.95. The quantitative estimate of drug-likeness (QED) is 0.139. The van der Waals surface area contributed by atoms with Gasteiger partial charge in [-0.15, -0.1) is 0 Å². The molecule has 1 unspecified atom stereocenters. The van der Waals surface area contributed by atoms with E-state index >= 15 is 0 Å². The number of carbonyl (C=O) groups excluding carboxylic acids is 1. The number of alkyl halides is 7. The van der Waals surface area contributed by atoms with Gasteiger partial charge in [0.05, 0.1) is 12.0 Å². The van der Waals surface area contributed by atoms with Crippen LogP contribution in [0.15, 0.2) is 0 Å². The Morgan fingerprint density at radius 1 is 0.914 bits per heavy atom. The van der Waals surface area contributed by atoms with Gasteiger partial charge in [-0.3, -0.25) is 9.35 Å². The Balaban J connectivity index is 1.75. The predicted molar refractivity (Wildman–Crippen MR) is 99.7 cm³/mol. The maximum absolute atomic E-state index is 13.8. The van der Waals surface area contributed by atoms with Crippen LogP contribution in [0.4, 0.5) is 30.7 Å². The fraction of sp³-hybridized carbons (Fsp3) is 0.895. The molecule has 0 aliphatic heterocycles. The van der Waals surface area contributed by atoms with Crippen molar-refractivity contribution >= 4 is 22.1 Å². The first-order valence-electron chi connectivity index (χ1n) is 10.7. The van der Waals surface area contributed by atoms with E-state index < -0.39 is 70.1 Å².